The number of amides is 1. The number of halogens is 1. The van der Waals surface area contributed by atoms with Gasteiger partial charge in [0, 0.05) is 36.0 Å². The maximum atomic E-state index is 13.8. The van der Waals surface area contributed by atoms with E-state index >= 15 is 0 Å². The van der Waals surface area contributed by atoms with Crippen molar-refractivity contribution in [3.05, 3.63) is 96.3 Å². The number of anilines is 1. The highest BCUT2D eigenvalue weighted by Gasteiger charge is 2.16. The molecule has 0 saturated carbocycles. The number of aromatic nitrogens is 4. The van der Waals surface area contributed by atoms with Gasteiger partial charge in [0.25, 0.3) is 5.91 Å². The Balaban J connectivity index is 1.34. The Hall–Kier alpha value is -4.63. The van der Waals surface area contributed by atoms with E-state index in [2.05, 4.69) is 36.4 Å². The van der Waals surface area contributed by atoms with Crippen LogP contribution in [0.4, 0.5) is 10.1 Å². The quantitative estimate of drug-likeness (QED) is 0.328. The standard InChI is InChI=1S/C27H23FN6O2/c1-34(2)16-17-11-19(14-29-13-17)18-7-9-23-21(12-18)26(33-32-23)27(35)31-20-8-10-25(30-15-20)36-24-6-4-3-5-22(24)28/h3-15H,16H2,1-2H3,(H,31,35)(H,32,33). The van der Waals surface area contributed by atoms with E-state index < -0.39 is 5.82 Å². The highest BCUT2D eigenvalue weighted by molar-refractivity contribution is 6.11. The van der Waals surface area contributed by atoms with Gasteiger partial charge in [-0.2, -0.15) is 5.10 Å². The van der Waals surface area contributed by atoms with Crippen LogP contribution in [0.25, 0.3) is 22.0 Å². The molecule has 0 aliphatic heterocycles. The molecule has 0 radical (unpaired) electrons. The number of nitrogens with zero attached hydrogens (tertiary/aromatic N) is 4. The molecule has 0 fully saturated rings. The summed E-state index contributed by atoms with van der Waals surface area (Å²) < 4.78 is 19.3. The van der Waals surface area contributed by atoms with Crippen LogP contribution in [0.3, 0.4) is 0 Å². The van der Waals surface area contributed by atoms with Crippen LogP contribution in [-0.4, -0.2) is 45.1 Å². The number of carbonyl (C=O) groups excluding carboxylic acids is 1. The molecule has 0 bridgehead atoms. The van der Waals surface area contributed by atoms with E-state index in [1.165, 1.54) is 18.3 Å². The molecule has 0 spiro atoms. The number of nitrogens with one attached hydrogen (secondary N) is 2. The number of ether oxygens (including phenoxy) is 1. The first-order chi connectivity index (χ1) is 17.5. The summed E-state index contributed by atoms with van der Waals surface area (Å²) in [4.78, 5) is 23.6. The lowest BCUT2D eigenvalue weighted by molar-refractivity contribution is 0.102. The molecule has 2 N–H and O–H groups in total. The molecule has 9 heteroatoms. The number of para-hydroxylation sites is 1. The number of H-pyrrole nitrogens is 1. The fourth-order valence-corrected chi connectivity index (χ4v) is 3.81. The SMILES string of the molecule is CN(C)Cc1cncc(-c2ccc3[nH]nc(C(=O)Nc4ccc(Oc5ccccc5F)nc4)c3c2)c1. The Labute approximate surface area is 206 Å². The van der Waals surface area contributed by atoms with Crippen LogP contribution in [0.15, 0.2) is 79.3 Å². The van der Waals surface area contributed by atoms with Crippen LogP contribution in [0.2, 0.25) is 0 Å². The average Bonchev–Trinajstić information content (AvgIpc) is 3.30. The number of pyridine rings is 2. The minimum atomic E-state index is -0.485. The molecule has 0 atom stereocenters. The predicted octanol–water partition coefficient (Wildman–Crippen LogP) is 5.27. The first-order valence-electron chi connectivity index (χ1n) is 11.2. The zero-order chi connectivity index (χ0) is 25.1. The molecule has 8 nitrogen and oxygen atoms in total. The van der Waals surface area contributed by atoms with Gasteiger partial charge in [0.1, 0.15) is 0 Å². The lowest BCUT2D eigenvalue weighted by atomic mass is 10.0. The summed E-state index contributed by atoms with van der Waals surface area (Å²) in [5, 5.41) is 10.6. The Morgan fingerprint density at radius 2 is 1.89 bits per heavy atom. The molecule has 0 unspecified atom stereocenters. The lowest BCUT2D eigenvalue weighted by Crippen LogP contribution is -2.13. The van der Waals surface area contributed by atoms with Crippen LogP contribution >= 0.6 is 0 Å². The number of fused-ring (bicyclic) bond motifs is 1. The Morgan fingerprint density at radius 1 is 1.03 bits per heavy atom. The van der Waals surface area contributed by atoms with Gasteiger partial charge in [0.2, 0.25) is 5.88 Å². The molecular weight excluding hydrogens is 459 g/mol. The van der Waals surface area contributed by atoms with Crippen molar-refractivity contribution in [2.45, 2.75) is 6.54 Å². The second-order valence-corrected chi connectivity index (χ2v) is 8.52. The van der Waals surface area contributed by atoms with Crippen molar-refractivity contribution in [3.63, 3.8) is 0 Å². The van der Waals surface area contributed by atoms with E-state index in [4.69, 9.17) is 4.74 Å². The number of benzene rings is 2. The normalized spacial score (nSPS) is 11.1. The van der Waals surface area contributed by atoms with E-state index in [1.807, 2.05) is 38.5 Å². The fraction of sp³-hybridized carbons (Fsp3) is 0.111. The first-order valence-corrected chi connectivity index (χ1v) is 11.2. The summed E-state index contributed by atoms with van der Waals surface area (Å²) >= 11 is 0. The van der Waals surface area contributed by atoms with Crippen molar-refractivity contribution >= 4 is 22.5 Å². The van der Waals surface area contributed by atoms with E-state index in [1.54, 1.807) is 30.5 Å². The minimum absolute atomic E-state index is 0.0723. The monoisotopic (exact) mass is 482 g/mol. The van der Waals surface area contributed by atoms with Gasteiger partial charge < -0.3 is 15.0 Å². The summed E-state index contributed by atoms with van der Waals surface area (Å²) in [5.41, 5.74) is 4.44. The number of hydrogen-bond acceptors (Lipinski definition) is 6. The molecule has 5 rings (SSSR count). The van der Waals surface area contributed by atoms with Crippen LogP contribution in [0, 0.1) is 5.82 Å². The topological polar surface area (TPSA) is 96.0 Å². The molecule has 3 aromatic heterocycles. The Bertz CT molecular complexity index is 1530. The molecular formula is C27H23FN6O2. The van der Waals surface area contributed by atoms with Crippen molar-refractivity contribution in [2.24, 2.45) is 0 Å². The summed E-state index contributed by atoms with van der Waals surface area (Å²) in [6.45, 7) is 0.778. The first kappa shape index (κ1) is 23.1. The largest absolute Gasteiger partial charge is 0.436 e. The number of aromatic amines is 1. The molecule has 3 heterocycles. The van der Waals surface area contributed by atoms with Crippen molar-refractivity contribution < 1.29 is 13.9 Å². The average molecular weight is 483 g/mol. The molecule has 1 amide bonds. The zero-order valence-electron chi connectivity index (χ0n) is 19.7. The molecule has 180 valence electrons. The highest BCUT2D eigenvalue weighted by Crippen LogP contribution is 2.27. The van der Waals surface area contributed by atoms with Gasteiger partial charge in [-0.1, -0.05) is 18.2 Å². The summed E-state index contributed by atoms with van der Waals surface area (Å²) in [6.07, 6.45) is 5.09. The van der Waals surface area contributed by atoms with Gasteiger partial charge in [0.15, 0.2) is 17.3 Å². The third kappa shape index (κ3) is 5.06. The predicted molar refractivity (Wildman–Crippen MR) is 135 cm³/mol. The van der Waals surface area contributed by atoms with Crippen LogP contribution in [-0.2, 0) is 6.54 Å². The smallest absolute Gasteiger partial charge is 0.276 e. The molecule has 2 aromatic carbocycles. The third-order valence-electron chi connectivity index (χ3n) is 5.45. The Kier molecular flexibility index (Phi) is 6.38. The molecule has 0 saturated heterocycles. The second-order valence-electron chi connectivity index (χ2n) is 8.52. The van der Waals surface area contributed by atoms with Gasteiger partial charge in [-0.25, -0.2) is 9.37 Å². The fourth-order valence-electron chi connectivity index (χ4n) is 3.81. The number of rotatable bonds is 7. The number of hydrogen-bond donors (Lipinski definition) is 2. The van der Waals surface area contributed by atoms with Crippen molar-refractivity contribution in [3.8, 4) is 22.8 Å². The van der Waals surface area contributed by atoms with Crippen LogP contribution in [0.1, 0.15) is 16.1 Å². The van der Waals surface area contributed by atoms with Crippen molar-refractivity contribution in [1.29, 1.82) is 0 Å². The highest BCUT2D eigenvalue weighted by atomic mass is 19.1. The van der Waals surface area contributed by atoms with Crippen molar-refractivity contribution in [2.75, 3.05) is 19.4 Å². The number of carbonyl (C=O) groups is 1. The van der Waals surface area contributed by atoms with E-state index in [0.29, 0.717) is 11.1 Å². The molecule has 36 heavy (non-hydrogen) atoms. The van der Waals surface area contributed by atoms with E-state index in [9.17, 15) is 9.18 Å². The second kappa shape index (κ2) is 9.93. The zero-order valence-corrected chi connectivity index (χ0v) is 19.7. The maximum absolute atomic E-state index is 13.8. The van der Waals surface area contributed by atoms with E-state index in [-0.39, 0.29) is 23.2 Å². The van der Waals surface area contributed by atoms with Crippen LogP contribution in [0.5, 0.6) is 11.6 Å². The summed E-state index contributed by atoms with van der Waals surface area (Å²) in [7, 11) is 4.02. The molecule has 5 aromatic rings. The van der Waals surface area contributed by atoms with Gasteiger partial charge in [-0.15, -0.1) is 0 Å². The minimum Gasteiger partial charge on any atom is -0.436 e. The van der Waals surface area contributed by atoms with E-state index in [0.717, 1.165) is 28.8 Å². The van der Waals surface area contributed by atoms with Gasteiger partial charge in [0.05, 0.1) is 17.4 Å². The lowest BCUT2D eigenvalue weighted by Gasteiger charge is -2.10. The maximum Gasteiger partial charge on any atom is 0.276 e. The van der Waals surface area contributed by atoms with Crippen molar-refractivity contribution in [1.82, 2.24) is 25.1 Å². The molecule has 0 aliphatic carbocycles. The van der Waals surface area contributed by atoms with Gasteiger partial charge in [-0.3, -0.25) is 14.9 Å². The molecule has 0 aliphatic rings. The summed E-state index contributed by atoms with van der Waals surface area (Å²) in [5.74, 6) is -0.592. The Morgan fingerprint density at radius 3 is 2.67 bits per heavy atom. The van der Waals surface area contributed by atoms with Gasteiger partial charge >= 0.3 is 0 Å². The summed E-state index contributed by atoms with van der Waals surface area (Å²) in [6, 6.07) is 17.1. The third-order valence-corrected chi connectivity index (χ3v) is 5.45. The van der Waals surface area contributed by atoms with Gasteiger partial charge in [-0.05, 0) is 61.6 Å². The van der Waals surface area contributed by atoms with Crippen LogP contribution < -0.4 is 10.1 Å².